The predicted molar refractivity (Wildman–Crippen MR) is 95.3 cm³/mol. The minimum absolute atomic E-state index is 0.106. The molecule has 0 aromatic heterocycles. The maximum absolute atomic E-state index is 12.7. The molecule has 5 rings (SSSR count). The van der Waals surface area contributed by atoms with Crippen LogP contribution in [0.1, 0.15) is 38.5 Å². The Morgan fingerprint density at radius 1 is 1.00 bits per heavy atom. The molecule has 2 aliphatic heterocycles. The van der Waals surface area contributed by atoms with Crippen molar-refractivity contribution in [2.24, 2.45) is 17.8 Å². The predicted octanol–water partition coefficient (Wildman–Crippen LogP) is 2.39. The monoisotopic (exact) mass is 362 g/mol. The summed E-state index contributed by atoms with van der Waals surface area (Å²) in [6.07, 6.45) is 6.44. The molecular formula is C19H26N2O3S. The maximum Gasteiger partial charge on any atom is 0.240 e. The highest BCUT2D eigenvalue weighted by Crippen LogP contribution is 2.47. The van der Waals surface area contributed by atoms with Crippen LogP contribution in [0.15, 0.2) is 35.2 Å². The van der Waals surface area contributed by atoms with Gasteiger partial charge < -0.3 is 4.90 Å². The van der Waals surface area contributed by atoms with Crippen molar-refractivity contribution in [1.82, 2.24) is 9.62 Å². The number of carbonyl (C=O) groups excluding carboxylic acids is 1. The lowest BCUT2D eigenvalue weighted by atomic mass is 9.68. The highest BCUT2D eigenvalue weighted by molar-refractivity contribution is 7.89. The van der Waals surface area contributed by atoms with Gasteiger partial charge in [0.25, 0.3) is 0 Å². The molecule has 2 aliphatic carbocycles. The third kappa shape index (κ3) is 3.60. The average molecular weight is 362 g/mol. The zero-order chi connectivity index (χ0) is 17.4. The largest absolute Gasteiger partial charge is 0.339 e. The Morgan fingerprint density at radius 2 is 1.64 bits per heavy atom. The lowest BCUT2D eigenvalue weighted by molar-refractivity contribution is -0.133. The van der Waals surface area contributed by atoms with Gasteiger partial charge in [0.05, 0.1) is 4.90 Å². The minimum Gasteiger partial charge on any atom is -0.339 e. The second kappa shape index (κ2) is 6.72. The molecule has 1 aromatic carbocycles. The zero-order valence-corrected chi connectivity index (χ0v) is 15.2. The van der Waals surface area contributed by atoms with Crippen molar-refractivity contribution in [3.63, 3.8) is 0 Å². The molecular weight excluding hydrogens is 336 g/mol. The summed E-state index contributed by atoms with van der Waals surface area (Å²) >= 11 is 0. The highest BCUT2D eigenvalue weighted by atomic mass is 32.2. The molecule has 2 saturated carbocycles. The molecule has 2 unspecified atom stereocenters. The number of hydrogen-bond acceptors (Lipinski definition) is 3. The molecule has 2 saturated heterocycles. The van der Waals surface area contributed by atoms with E-state index in [9.17, 15) is 13.2 Å². The lowest BCUT2D eigenvalue weighted by Crippen LogP contribution is -2.43. The normalized spacial score (nSPS) is 31.1. The first-order valence-electron chi connectivity index (χ1n) is 9.35. The number of benzene rings is 1. The van der Waals surface area contributed by atoms with Crippen molar-refractivity contribution in [3.8, 4) is 0 Å². The molecule has 0 spiro atoms. The summed E-state index contributed by atoms with van der Waals surface area (Å²) in [6, 6.07) is 8.69. The number of fused-ring (bicyclic) bond motifs is 1. The number of rotatable bonds is 5. The van der Waals surface area contributed by atoms with Gasteiger partial charge in [-0.2, -0.15) is 0 Å². The first-order chi connectivity index (χ1) is 12.0. The van der Waals surface area contributed by atoms with Gasteiger partial charge in [-0.25, -0.2) is 13.1 Å². The number of carbonyl (C=O) groups is 1. The molecule has 1 aromatic rings. The van der Waals surface area contributed by atoms with Crippen molar-refractivity contribution < 1.29 is 13.2 Å². The Morgan fingerprint density at radius 3 is 2.32 bits per heavy atom. The van der Waals surface area contributed by atoms with Gasteiger partial charge in [-0.1, -0.05) is 18.2 Å². The molecule has 6 heteroatoms. The molecule has 1 N–H and O–H groups in total. The minimum atomic E-state index is -3.53. The molecule has 1 amide bonds. The number of amides is 1. The summed E-state index contributed by atoms with van der Waals surface area (Å²) in [6.45, 7) is 1.04. The van der Waals surface area contributed by atoms with E-state index in [1.54, 1.807) is 30.3 Å². The van der Waals surface area contributed by atoms with Crippen molar-refractivity contribution >= 4 is 15.9 Å². The number of sulfonamides is 1. The van der Waals surface area contributed by atoms with Crippen molar-refractivity contribution in [1.29, 1.82) is 0 Å². The van der Waals surface area contributed by atoms with E-state index in [0.29, 0.717) is 12.0 Å². The molecule has 4 bridgehead atoms. The van der Waals surface area contributed by atoms with E-state index in [0.717, 1.165) is 31.2 Å². The second-order valence-electron chi connectivity index (χ2n) is 7.94. The van der Waals surface area contributed by atoms with E-state index < -0.39 is 10.0 Å². The summed E-state index contributed by atoms with van der Waals surface area (Å²) in [7, 11) is -3.53. The standard InChI is InChI=1S/C19H26N2O3S/c22-19(6-7-20-25(23,24)18-4-2-1-3-5-18)21-13-16-9-14-8-15(10-16)12-17(21)11-14/h1-5,14-17,20H,6-13H2/t14-,15+,16?,17?. The Kier molecular flexibility index (Phi) is 4.58. The molecule has 4 aliphatic rings. The van der Waals surface area contributed by atoms with Crippen LogP contribution in [-0.4, -0.2) is 38.4 Å². The summed E-state index contributed by atoms with van der Waals surface area (Å²) in [5.74, 6) is 2.36. The van der Waals surface area contributed by atoms with Crippen LogP contribution in [0.3, 0.4) is 0 Å². The average Bonchev–Trinajstić information content (AvgIpc) is 2.79. The molecule has 2 heterocycles. The van der Waals surface area contributed by atoms with Gasteiger partial charge in [0.15, 0.2) is 0 Å². The van der Waals surface area contributed by atoms with E-state index in [2.05, 4.69) is 9.62 Å². The summed E-state index contributed by atoms with van der Waals surface area (Å²) in [4.78, 5) is 15.0. The number of nitrogens with zero attached hydrogens (tertiary/aromatic N) is 1. The van der Waals surface area contributed by atoms with Gasteiger partial charge in [-0.15, -0.1) is 0 Å². The first kappa shape index (κ1) is 17.0. The van der Waals surface area contributed by atoms with Crippen LogP contribution in [0.5, 0.6) is 0 Å². The van der Waals surface area contributed by atoms with Crippen LogP contribution < -0.4 is 4.72 Å². The summed E-state index contributed by atoms with van der Waals surface area (Å²) < 4.78 is 27.0. The Labute approximate surface area is 149 Å². The molecule has 136 valence electrons. The first-order valence-corrected chi connectivity index (χ1v) is 10.8. The Bertz CT molecular complexity index is 720. The summed E-state index contributed by atoms with van der Waals surface area (Å²) in [5, 5.41) is 0. The lowest BCUT2D eigenvalue weighted by Gasteiger charge is -2.39. The van der Waals surface area contributed by atoms with Crippen molar-refractivity contribution in [3.05, 3.63) is 30.3 Å². The van der Waals surface area contributed by atoms with E-state index in [1.165, 1.54) is 19.3 Å². The molecule has 0 radical (unpaired) electrons. The third-order valence-corrected chi connectivity index (χ3v) is 7.59. The zero-order valence-electron chi connectivity index (χ0n) is 14.4. The number of hydrogen-bond donors (Lipinski definition) is 1. The van der Waals surface area contributed by atoms with E-state index in [-0.39, 0.29) is 23.8 Å². The fourth-order valence-corrected chi connectivity index (χ4v) is 6.26. The fraction of sp³-hybridized carbons (Fsp3) is 0.632. The van der Waals surface area contributed by atoms with Gasteiger partial charge in [0.1, 0.15) is 0 Å². The van der Waals surface area contributed by atoms with Crippen LogP contribution in [0.25, 0.3) is 0 Å². The smallest absolute Gasteiger partial charge is 0.240 e. The van der Waals surface area contributed by atoms with Gasteiger partial charge in [0.2, 0.25) is 15.9 Å². The van der Waals surface area contributed by atoms with Crippen LogP contribution in [-0.2, 0) is 14.8 Å². The van der Waals surface area contributed by atoms with Crippen LogP contribution >= 0.6 is 0 Å². The SMILES string of the molecule is O=C(CCNS(=O)(=O)c1ccccc1)N1CC2C[C@@H]3CC1C[C@H](C2)C3. The third-order valence-electron chi connectivity index (χ3n) is 6.11. The van der Waals surface area contributed by atoms with Crippen LogP contribution in [0.2, 0.25) is 0 Å². The quantitative estimate of drug-likeness (QED) is 0.875. The molecule has 4 atom stereocenters. The maximum atomic E-state index is 12.7. The van der Waals surface area contributed by atoms with Gasteiger partial charge >= 0.3 is 0 Å². The number of nitrogens with one attached hydrogen (secondary N) is 1. The van der Waals surface area contributed by atoms with Gasteiger partial charge in [-0.3, -0.25) is 4.79 Å². The van der Waals surface area contributed by atoms with E-state index in [1.807, 2.05) is 0 Å². The van der Waals surface area contributed by atoms with Gasteiger partial charge in [-0.05, 0) is 62.0 Å². The second-order valence-corrected chi connectivity index (χ2v) is 9.70. The van der Waals surface area contributed by atoms with Crippen molar-refractivity contribution in [2.75, 3.05) is 13.1 Å². The van der Waals surface area contributed by atoms with Gasteiger partial charge in [0, 0.05) is 25.6 Å². The Balaban J connectivity index is 1.35. The molecule has 25 heavy (non-hydrogen) atoms. The molecule has 5 nitrogen and oxygen atoms in total. The fourth-order valence-electron chi connectivity index (χ4n) is 5.21. The van der Waals surface area contributed by atoms with Crippen LogP contribution in [0, 0.1) is 17.8 Å². The highest BCUT2D eigenvalue weighted by Gasteiger charge is 2.43. The topological polar surface area (TPSA) is 66.5 Å². The van der Waals surface area contributed by atoms with E-state index in [4.69, 9.17) is 0 Å². The van der Waals surface area contributed by atoms with Crippen molar-refractivity contribution in [2.45, 2.75) is 49.5 Å². The van der Waals surface area contributed by atoms with E-state index >= 15 is 0 Å². The van der Waals surface area contributed by atoms with Crippen LogP contribution in [0.4, 0.5) is 0 Å². The summed E-state index contributed by atoms with van der Waals surface area (Å²) in [5.41, 5.74) is 0. The Hall–Kier alpha value is -1.40. The molecule has 4 fully saturated rings.